The Morgan fingerprint density at radius 3 is 2.37 bits per heavy atom. The molecule has 0 aliphatic carbocycles. The van der Waals surface area contributed by atoms with Crippen molar-refractivity contribution in [1.29, 1.82) is 0 Å². The van der Waals surface area contributed by atoms with Crippen LogP contribution in [-0.2, 0) is 17.8 Å². The molecule has 0 unspecified atom stereocenters. The Balaban J connectivity index is 2.19. The number of benzene rings is 1. The maximum Gasteiger partial charge on any atom is 0.314 e. The Morgan fingerprint density at radius 1 is 1.00 bits per heavy atom. The molecule has 2 aromatic rings. The number of carbonyl (C=O) groups excluding carboxylic acids is 1. The summed E-state index contributed by atoms with van der Waals surface area (Å²) in [5.74, 6) is -0.949. The van der Waals surface area contributed by atoms with Crippen molar-refractivity contribution < 1.29 is 19.3 Å². The standard InChI is InChI=1S/C15H13NO3/c17-14(12-6-2-1-3-7-12)11-16-9-5-4-8-13(16)10-15(18)19/h1-9H,10-11H2/p+1. The fraction of sp³-hybridized carbons (Fsp3) is 0.133. The molecule has 0 saturated heterocycles. The zero-order chi connectivity index (χ0) is 13.7. The van der Waals surface area contributed by atoms with Crippen LogP contribution in [0.15, 0.2) is 54.7 Å². The summed E-state index contributed by atoms with van der Waals surface area (Å²) in [6.45, 7) is 0.146. The van der Waals surface area contributed by atoms with E-state index in [9.17, 15) is 9.59 Å². The highest BCUT2D eigenvalue weighted by molar-refractivity contribution is 5.94. The average molecular weight is 256 g/mol. The molecule has 0 bridgehead atoms. The van der Waals surface area contributed by atoms with Crippen LogP contribution in [0.4, 0.5) is 0 Å². The Labute approximate surface area is 110 Å². The van der Waals surface area contributed by atoms with E-state index in [0.717, 1.165) is 0 Å². The second-order valence-electron chi connectivity index (χ2n) is 4.18. The van der Waals surface area contributed by atoms with Crippen molar-refractivity contribution in [2.24, 2.45) is 0 Å². The van der Waals surface area contributed by atoms with Crippen molar-refractivity contribution in [3.05, 3.63) is 66.0 Å². The molecule has 1 heterocycles. The van der Waals surface area contributed by atoms with Crippen LogP contribution in [0.25, 0.3) is 0 Å². The molecule has 0 radical (unpaired) electrons. The number of rotatable bonds is 5. The highest BCUT2D eigenvalue weighted by atomic mass is 16.4. The third-order valence-electron chi connectivity index (χ3n) is 2.78. The molecule has 0 aliphatic rings. The summed E-state index contributed by atoms with van der Waals surface area (Å²) in [5, 5.41) is 8.84. The van der Waals surface area contributed by atoms with Crippen LogP contribution in [0, 0.1) is 0 Å². The zero-order valence-corrected chi connectivity index (χ0v) is 10.3. The van der Waals surface area contributed by atoms with E-state index >= 15 is 0 Å². The number of carboxylic acids is 1. The van der Waals surface area contributed by atoms with Gasteiger partial charge in [0.15, 0.2) is 11.9 Å². The molecular formula is C15H14NO3+. The first kappa shape index (κ1) is 13.0. The fourth-order valence-corrected chi connectivity index (χ4v) is 1.85. The molecule has 0 amide bonds. The molecule has 1 N–H and O–H groups in total. The number of hydrogen-bond acceptors (Lipinski definition) is 2. The number of carboxylic acid groups (broad SMARTS) is 1. The Hall–Kier alpha value is -2.49. The molecule has 0 atom stereocenters. The van der Waals surface area contributed by atoms with E-state index in [-0.39, 0.29) is 18.7 Å². The van der Waals surface area contributed by atoms with Crippen LogP contribution in [0.5, 0.6) is 0 Å². The van der Waals surface area contributed by atoms with Crippen LogP contribution in [0.3, 0.4) is 0 Å². The predicted molar refractivity (Wildman–Crippen MR) is 68.7 cm³/mol. The fourth-order valence-electron chi connectivity index (χ4n) is 1.85. The maximum atomic E-state index is 12.1. The van der Waals surface area contributed by atoms with Crippen molar-refractivity contribution in [2.45, 2.75) is 13.0 Å². The van der Waals surface area contributed by atoms with Crippen LogP contribution >= 0.6 is 0 Å². The van der Waals surface area contributed by atoms with E-state index in [1.54, 1.807) is 53.2 Å². The second-order valence-corrected chi connectivity index (χ2v) is 4.18. The van der Waals surface area contributed by atoms with Gasteiger partial charge in [0.25, 0.3) is 0 Å². The van der Waals surface area contributed by atoms with Gasteiger partial charge in [0.1, 0.15) is 6.42 Å². The largest absolute Gasteiger partial charge is 0.481 e. The number of aliphatic carboxylic acids is 1. The van der Waals surface area contributed by atoms with Gasteiger partial charge < -0.3 is 5.11 Å². The summed E-state index contributed by atoms with van der Waals surface area (Å²) in [7, 11) is 0. The number of aromatic nitrogens is 1. The quantitative estimate of drug-likeness (QED) is 0.651. The van der Waals surface area contributed by atoms with Crippen molar-refractivity contribution in [1.82, 2.24) is 0 Å². The number of ketones is 1. The highest BCUT2D eigenvalue weighted by Gasteiger charge is 2.17. The Bertz CT molecular complexity index is 593. The monoisotopic (exact) mass is 256 g/mol. The normalized spacial score (nSPS) is 10.1. The molecule has 19 heavy (non-hydrogen) atoms. The van der Waals surface area contributed by atoms with Crippen LogP contribution < -0.4 is 4.57 Å². The van der Waals surface area contributed by atoms with Gasteiger partial charge in [-0.3, -0.25) is 9.59 Å². The summed E-state index contributed by atoms with van der Waals surface area (Å²) in [4.78, 5) is 22.9. The lowest BCUT2D eigenvalue weighted by atomic mass is 10.1. The van der Waals surface area contributed by atoms with Gasteiger partial charge in [-0.15, -0.1) is 0 Å². The molecule has 96 valence electrons. The van der Waals surface area contributed by atoms with Crippen molar-refractivity contribution >= 4 is 11.8 Å². The van der Waals surface area contributed by atoms with E-state index in [4.69, 9.17) is 5.11 Å². The first-order valence-corrected chi connectivity index (χ1v) is 5.94. The highest BCUT2D eigenvalue weighted by Crippen LogP contribution is 2.01. The van der Waals surface area contributed by atoms with E-state index in [0.29, 0.717) is 11.3 Å². The molecular weight excluding hydrogens is 242 g/mol. The number of hydrogen-bond donors (Lipinski definition) is 1. The van der Waals surface area contributed by atoms with Crippen LogP contribution in [0.2, 0.25) is 0 Å². The number of nitrogens with zero attached hydrogens (tertiary/aromatic N) is 1. The summed E-state index contributed by atoms with van der Waals surface area (Å²) in [6, 6.07) is 14.2. The van der Waals surface area contributed by atoms with Gasteiger partial charge in [-0.1, -0.05) is 36.4 Å². The Morgan fingerprint density at radius 2 is 1.68 bits per heavy atom. The topological polar surface area (TPSA) is 58.2 Å². The lowest BCUT2D eigenvalue weighted by Gasteiger charge is -2.02. The van der Waals surface area contributed by atoms with E-state index in [2.05, 4.69) is 0 Å². The third-order valence-corrected chi connectivity index (χ3v) is 2.78. The van der Waals surface area contributed by atoms with Gasteiger partial charge in [-0.05, 0) is 0 Å². The van der Waals surface area contributed by atoms with Gasteiger partial charge in [0, 0.05) is 17.7 Å². The van der Waals surface area contributed by atoms with Gasteiger partial charge in [0.2, 0.25) is 12.3 Å². The van der Waals surface area contributed by atoms with E-state index in [1.165, 1.54) is 0 Å². The number of carbonyl (C=O) groups is 2. The molecule has 4 heteroatoms. The zero-order valence-electron chi connectivity index (χ0n) is 10.3. The van der Waals surface area contributed by atoms with Crippen molar-refractivity contribution in [2.75, 3.05) is 0 Å². The van der Waals surface area contributed by atoms with E-state index < -0.39 is 5.97 Å². The minimum absolute atomic E-state index is 0.0385. The second kappa shape index (κ2) is 5.91. The van der Waals surface area contributed by atoms with Gasteiger partial charge >= 0.3 is 5.97 Å². The van der Waals surface area contributed by atoms with Gasteiger partial charge in [0.05, 0.1) is 0 Å². The number of Topliss-reactive ketones (excluding diaryl/α,β-unsaturated/α-hetero) is 1. The number of pyridine rings is 1. The van der Waals surface area contributed by atoms with Gasteiger partial charge in [-0.2, -0.15) is 4.57 Å². The summed E-state index contributed by atoms with van der Waals surface area (Å²) in [5.41, 5.74) is 1.24. The van der Waals surface area contributed by atoms with Gasteiger partial charge in [-0.25, -0.2) is 0 Å². The SMILES string of the molecule is O=C(O)Cc1cccc[n+]1CC(=O)c1ccccc1. The molecule has 0 aliphatic heterocycles. The lowest BCUT2D eigenvalue weighted by Crippen LogP contribution is -2.42. The Kier molecular flexibility index (Phi) is 4.03. The minimum Gasteiger partial charge on any atom is -0.481 e. The molecule has 1 aromatic carbocycles. The molecule has 2 rings (SSSR count). The molecule has 0 spiro atoms. The maximum absolute atomic E-state index is 12.1. The van der Waals surface area contributed by atoms with Crippen molar-refractivity contribution in [3.63, 3.8) is 0 Å². The lowest BCUT2D eigenvalue weighted by molar-refractivity contribution is -0.690. The molecule has 4 nitrogen and oxygen atoms in total. The molecule has 1 aromatic heterocycles. The summed E-state index contributed by atoms with van der Waals surface area (Å²) in [6.07, 6.45) is 1.63. The predicted octanol–water partition coefficient (Wildman–Crippen LogP) is 1.48. The van der Waals surface area contributed by atoms with E-state index in [1.807, 2.05) is 6.07 Å². The third kappa shape index (κ3) is 3.48. The van der Waals surface area contributed by atoms with Crippen molar-refractivity contribution in [3.8, 4) is 0 Å². The molecule has 0 saturated carbocycles. The minimum atomic E-state index is -0.910. The smallest absolute Gasteiger partial charge is 0.314 e. The first-order valence-electron chi connectivity index (χ1n) is 5.94. The summed E-state index contributed by atoms with van der Waals surface area (Å²) < 4.78 is 1.67. The molecule has 0 fully saturated rings. The van der Waals surface area contributed by atoms with Crippen LogP contribution in [0.1, 0.15) is 16.1 Å². The average Bonchev–Trinajstić information content (AvgIpc) is 2.41. The summed E-state index contributed by atoms with van der Waals surface area (Å²) >= 11 is 0. The first-order chi connectivity index (χ1) is 9.16. The van der Waals surface area contributed by atoms with Crippen LogP contribution in [-0.4, -0.2) is 16.9 Å².